The number of amides is 2. The van der Waals surface area contributed by atoms with Crippen LogP contribution in [0, 0.1) is 22.7 Å². The number of nitrogens with one attached hydrogen (secondary N) is 2. The van der Waals surface area contributed by atoms with Gasteiger partial charge in [-0.2, -0.15) is 5.26 Å². The van der Waals surface area contributed by atoms with Gasteiger partial charge in [0, 0.05) is 19.1 Å². The van der Waals surface area contributed by atoms with Gasteiger partial charge in [-0.3, -0.25) is 9.69 Å². The molecule has 2 heterocycles. The maximum Gasteiger partial charge on any atom is 0.426 e. The number of carbonyl (C=O) groups is 2. The van der Waals surface area contributed by atoms with Crippen LogP contribution in [0.3, 0.4) is 0 Å². The molecule has 9 heteroatoms. The molecule has 186 valence electrons. The van der Waals surface area contributed by atoms with E-state index in [0.29, 0.717) is 51.7 Å². The quantitative estimate of drug-likeness (QED) is 0.623. The van der Waals surface area contributed by atoms with Gasteiger partial charge in [-0.1, -0.05) is 27.7 Å². The monoisotopic (exact) mass is 463 g/mol. The predicted molar refractivity (Wildman–Crippen MR) is 124 cm³/mol. The maximum atomic E-state index is 13.3. The Hall–Kier alpha value is -1.89. The summed E-state index contributed by atoms with van der Waals surface area (Å²) in [7, 11) is 0. The summed E-state index contributed by atoms with van der Waals surface area (Å²) in [4.78, 5) is 33.6. The second kappa shape index (κ2) is 11.0. The fraction of sp³-hybridized carbons (Fsp3) is 0.875. The van der Waals surface area contributed by atoms with E-state index in [1.807, 2.05) is 20.8 Å². The molecule has 0 bridgehead atoms. The zero-order valence-electron chi connectivity index (χ0n) is 20.7. The van der Waals surface area contributed by atoms with Crippen molar-refractivity contribution in [1.29, 1.82) is 5.26 Å². The molecule has 3 fully saturated rings. The number of hydrogen-bond acceptors (Lipinski definition) is 7. The van der Waals surface area contributed by atoms with Crippen LogP contribution in [0.25, 0.3) is 0 Å². The molecule has 1 saturated carbocycles. The lowest BCUT2D eigenvalue weighted by Crippen LogP contribution is -2.57. The first-order valence-electron chi connectivity index (χ1n) is 12.4. The average molecular weight is 464 g/mol. The van der Waals surface area contributed by atoms with E-state index in [1.165, 1.54) is 12.8 Å². The van der Waals surface area contributed by atoms with Gasteiger partial charge in [-0.25, -0.2) is 4.79 Å². The lowest BCUT2D eigenvalue weighted by Gasteiger charge is -2.34. The molecule has 2 unspecified atom stereocenters. The highest BCUT2D eigenvalue weighted by Crippen LogP contribution is 2.32. The first-order valence-corrected chi connectivity index (χ1v) is 12.4. The standard InChI is InChI=1S/C24H41N5O4/c1-18-5-7-19(8-6-18)28-10-9-24(16-25,17-28)27-21(30)20(15-23(2,3)4)26-22(31)33-29-11-13-32-14-12-29/h18-20H,5-15,17H2,1-4H3,(H,26,31)(H,27,30)/t18-,19-,20?,24?. The van der Waals surface area contributed by atoms with Gasteiger partial charge < -0.3 is 20.2 Å². The Bertz CT molecular complexity index is 719. The van der Waals surface area contributed by atoms with Crippen molar-refractivity contribution in [3.63, 3.8) is 0 Å². The summed E-state index contributed by atoms with van der Waals surface area (Å²) < 4.78 is 5.27. The van der Waals surface area contributed by atoms with Crippen LogP contribution in [0.4, 0.5) is 4.79 Å². The molecule has 3 rings (SSSR count). The molecule has 0 aromatic heterocycles. The molecule has 0 aromatic rings. The maximum absolute atomic E-state index is 13.3. The number of nitriles is 1. The summed E-state index contributed by atoms with van der Waals surface area (Å²) in [6.07, 6.45) is 5.11. The molecule has 0 spiro atoms. The third-order valence-corrected chi connectivity index (χ3v) is 6.98. The minimum absolute atomic E-state index is 0.200. The normalized spacial score (nSPS) is 30.3. The van der Waals surface area contributed by atoms with Crippen LogP contribution >= 0.6 is 0 Å². The molecule has 1 aliphatic carbocycles. The SMILES string of the molecule is CC(C)(C)CC(NC(=O)ON1CCOCC1)C(=O)NC1(C#N)CCN([C@H]2CC[C@H](C)CC2)C1. The zero-order chi connectivity index (χ0) is 24.1. The highest BCUT2D eigenvalue weighted by Gasteiger charge is 2.44. The largest absolute Gasteiger partial charge is 0.426 e. The molecular weight excluding hydrogens is 422 g/mol. The summed E-state index contributed by atoms with van der Waals surface area (Å²) in [5, 5.41) is 17.3. The van der Waals surface area contributed by atoms with Gasteiger partial charge in [0.15, 0.2) is 0 Å². The van der Waals surface area contributed by atoms with Crippen LogP contribution in [0.5, 0.6) is 0 Å². The Labute approximate surface area is 198 Å². The summed E-state index contributed by atoms with van der Waals surface area (Å²) in [6.45, 7) is 11.7. The average Bonchev–Trinajstić information content (AvgIpc) is 3.18. The van der Waals surface area contributed by atoms with Gasteiger partial charge in [0.05, 0.1) is 32.4 Å². The summed E-state index contributed by atoms with van der Waals surface area (Å²) in [5.41, 5.74) is -1.12. The molecule has 2 saturated heterocycles. The fourth-order valence-electron chi connectivity index (χ4n) is 5.05. The van der Waals surface area contributed by atoms with Crippen LogP contribution in [-0.2, 0) is 14.4 Å². The van der Waals surface area contributed by atoms with E-state index in [0.717, 1.165) is 25.3 Å². The number of rotatable bonds is 6. The van der Waals surface area contributed by atoms with Gasteiger partial charge in [0.1, 0.15) is 11.6 Å². The number of carbonyl (C=O) groups excluding carboxylic acids is 2. The first-order chi connectivity index (χ1) is 15.6. The molecule has 2 N–H and O–H groups in total. The van der Waals surface area contributed by atoms with Crippen molar-refractivity contribution in [2.75, 3.05) is 39.4 Å². The number of ether oxygens (including phenoxy) is 1. The molecular formula is C24H41N5O4. The third-order valence-electron chi connectivity index (χ3n) is 6.98. The number of hydroxylamine groups is 2. The van der Waals surface area contributed by atoms with Crippen LogP contribution < -0.4 is 10.6 Å². The van der Waals surface area contributed by atoms with Gasteiger partial charge in [-0.15, -0.1) is 5.06 Å². The Kier molecular flexibility index (Phi) is 8.59. The lowest BCUT2D eigenvalue weighted by molar-refractivity contribution is -0.147. The zero-order valence-corrected chi connectivity index (χ0v) is 20.7. The molecule has 3 aliphatic rings. The van der Waals surface area contributed by atoms with E-state index in [4.69, 9.17) is 9.57 Å². The Morgan fingerprint density at radius 2 is 1.85 bits per heavy atom. The van der Waals surface area contributed by atoms with Crippen LogP contribution in [-0.4, -0.2) is 79.0 Å². The van der Waals surface area contributed by atoms with Crippen molar-refractivity contribution in [3.8, 4) is 6.07 Å². The minimum Gasteiger partial charge on any atom is -0.379 e. The summed E-state index contributed by atoms with van der Waals surface area (Å²) in [5.74, 6) is 0.440. The van der Waals surface area contributed by atoms with Gasteiger partial charge >= 0.3 is 6.09 Å². The van der Waals surface area contributed by atoms with Gasteiger partial charge in [0.25, 0.3) is 0 Å². The smallest absolute Gasteiger partial charge is 0.379 e. The van der Waals surface area contributed by atoms with Crippen molar-refractivity contribution in [1.82, 2.24) is 20.6 Å². The van der Waals surface area contributed by atoms with Crippen molar-refractivity contribution >= 4 is 12.0 Å². The molecule has 2 atom stereocenters. The van der Waals surface area contributed by atoms with E-state index in [1.54, 1.807) is 5.06 Å². The van der Waals surface area contributed by atoms with Crippen molar-refractivity contribution in [3.05, 3.63) is 0 Å². The number of hydrogen-bond donors (Lipinski definition) is 2. The molecule has 2 aliphatic heterocycles. The number of likely N-dealkylation sites (tertiary alicyclic amines) is 1. The van der Waals surface area contributed by atoms with Crippen LogP contribution in [0.1, 0.15) is 66.2 Å². The molecule has 2 amide bonds. The predicted octanol–water partition coefficient (Wildman–Crippen LogP) is 2.43. The van der Waals surface area contributed by atoms with Crippen molar-refractivity contribution < 1.29 is 19.2 Å². The Morgan fingerprint density at radius 3 is 2.45 bits per heavy atom. The molecule has 9 nitrogen and oxygen atoms in total. The molecule has 33 heavy (non-hydrogen) atoms. The molecule has 0 radical (unpaired) electrons. The van der Waals surface area contributed by atoms with Crippen molar-refractivity contribution in [2.45, 2.75) is 83.8 Å². The van der Waals surface area contributed by atoms with E-state index >= 15 is 0 Å². The van der Waals surface area contributed by atoms with Crippen LogP contribution in [0.2, 0.25) is 0 Å². The van der Waals surface area contributed by atoms with E-state index in [2.05, 4.69) is 28.5 Å². The third kappa shape index (κ3) is 7.56. The highest BCUT2D eigenvalue weighted by atomic mass is 16.7. The van der Waals surface area contributed by atoms with Gasteiger partial charge in [-0.05, 0) is 49.9 Å². The second-order valence-corrected chi connectivity index (χ2v) is 11.2. The van der Waals surface area contributed by atoms with Gasteiger partial charge in [0.2, 0.25) is 5.91 Å². The summed E-state index contributed by atoms with van der Waals surface area (Å²) in [6, 6.07) is 2.09. The lowest BCUT2D eigenvalue weighted by atomic mass is 9.86. The van der Waals surface area contributed by atoms with Crippen LogP contribution in [0.15, 0.2) is 0 Å². The van der Waals surface area contributed by atoms with E-state index in [-0.39, 0.29) is 11.3 Å². The van der Waals surface area contributed by atoms with E-state index < -0.39 is 17.7 Å². The molecule has 0 aromatic carbocycles. The van der Waals surface area contributed by atoms with E-state index in [9.17, 15) is 14.9 Å². The Balaban J connectivity index is 1.61. The number of nitrogens with zero attached hydrogens (tertiary/aromatic N) is 3. The topological polar surface area (TPSA) is 107 Å². The highest BCUT2D eigenvalue weighted by molar-refractivity contribution is 5.86. The first kappa shape index (κ1) is 25.7. The second-order valence-electron chi connectivity index (χ2n) is 11.2. The van der Waals surface area contributed by atoms with Crippen molar-refractivity contribution in [2.24, 2.45) is 11.3 Å². The minimum atomic E-state index is -0.925. The number of morpholine rings is 1. The Morgan fingerprint density at radius 1 is 1.18 bits per heavy atom. The summed E-state index contributed by atoms with van der Waals surface area (Å²) >= 11 is 0. The fourth-order valence-corrected chi connectivity index (χ4v) is 5.05.